The van der Waals surface area contributed by atoms with Crippen LogP contribution in [0.1, 0.15) is 12.5 Å². The number of para-hydroxylation sites is 1. The van der Waals surface area contributed by atoms with Gasteiger partial charge in [0.2, 0.25) is 0 Å². The molecule has 0 radical (unpaired) electrons. The molecule has 0 atom stereocenters. The van der Waals surface area contributed by atoms with Gasteiger partial charge in [-0.3, -0.25) is 0 Å². The predicted molar refractivity (Wildman–Crippen MR) is 94.9 cm³/mol. The highest BCUT2D eigenvalue weighted by Gasteiger charge is 2.13. The Morgan fingerprint density at radius 2 is 2.04 bits per heavy atom. The van der Waals surface area contributed by atoms with E-state index < -0.39 is 0 Å². The SMILES string of the molecule is CCOc1ccccc1CCNc1cc(N2CCOCC2)ncn1. The fourth-order valence-electron chi connectivity index (χ4n) is 2.74. The molecule has 1 fully saturated rings. The molecule has 128 valence electrons. The fourth-order valence-corrected chi connectivity index (χ4v) is 2.74. The van der Waals surface area contributed by atoms with Crippen molar-refractivity contribution in [3.8, 4) is 5.75 Å². The monoisotopic (exact) mass is 328 g/mol. The van der Waals surface area contributed by atoms with Crippen LogP contribution in [0, 0.1) is 0 Å². The van der Waals surface area contributed by atoms with Crippen molar-refractivity contribution in [1.82, 2.24) is 9.97 Å². The maximum Gasteiger partial charge on any atom is 0.134 e. The molecule has 1 aromatic carbocycles. The van der Waals surface area contributed by atoms with E-state index in [1.54, 1.807) is 6.33 Å². The number of aromatic nitrogens is 2. The first-order valence-corrected chi connectivity index (χ1v) is 8.46. The highest BCUT2D eigenvalue weighted by Crippen LogP contribution is 2.19. The number of hydrogen-bond acceptors (Lipinski definition) is 6. The lowest BCUT2D eigenvalue weighted by atomic mass is 10.1. The van der Waals surface area contributed by atoms with Crippen molar-refractivity contribution < 1.29 is 9.47 Å². The van der Waals surface area contributed by atoms with E-state index in [0.29, 0.717) is 6.61 Å². The van der Waals surface area contributed by atoms with Gasteiger partial charge in [-0.05, 0) is 25.0 Å². The Kier molecular flexibility index (Phi) is 5.85. The lowest BCUT2D eigenvalue weighted by Crippen LogP contribution is -2.36. The highest BCUT2D eigenvalue weighted by atomic mass is 16.5. The Balaban J connectivity index is 1.57. The molecule has 1 aliphatic rings. The highest BCUT2D eigenvalue weighted by molar-refractivity contribution is 5.48. The van der Waals surface area contributed by atoms with Crippen LogP contribution in [0.5, 0.6) is 5.75 Å². The molecule has 0 aliphatic carbocycles. The van der Waals surface area contributed by atoms with Gasteiger partial charge in [0.05, 0.1) is 19.8 Å². The molecule has 24 heavy (non-hydrogen) atoms. The van der Waals surface area contributed by atoms with Crippen molar-refractivity contribution in [3.05, 3.63) is 42.2 Å². The van der Waals surface area contributed by atoms with Crippen molar-refractivity contribution in [2.75, 3.05) is 49.7 Å². The zero-order valence-corrected chi connectivity index (χ0v) is 14.1. The summed E-state index contributed by atoms with van der Waals surface area (Å²) in [5.74, 6) is 2.75. The van der Waals surface area contributed by atoms with Gasteiger partial charge in [0.15, 0.2) is 0 Å². The van der Waals surface area contributed by atoms with Crippen molar-refractivity contribution in [2.24, 2.45) is 0 Å². The summed E-state index contributed by atoms with van der Waals surface area (Å²) in [4.78, 5) is 10.9. The summed E-state index contributed by atoms with van der Waals surface area (Å²) in [5.41, 5.74) is 1.20. The summed E-state index contributed by atoms with van der Waals surface area (Å²) >= 11 is 0. The molecule has 1 aliphatic heterocycles. The van der Waals surface area contributed by atoms with E-state index in [0.717, 1.165) is 56.7 Å². The molecule has 0 amide bonds. The van der Waals surface area contributed by atoms with Gasteiger partial charge < -0.3 is 19.7 Å². The summed E-state index contributed by atoms with van der Waals surface area (Å²) in [7, 11) is 0. The second kappa shape index (κ2) is 8.49. The van der Waals surface area contributed by atoms with Gasteiger partial charge in [-0.25, -0.2) is 9.97 Å². The average Bonchev–Trinajstić information content (AvgIpc) is 2.64. The third kappa shape index (κ3) is 4.35. The minimum absolute atomic E-state index is 0.680. The van der Waals surface area contributed by atoms with Gasteiger partial charge in [-0.2, -0.15) is 0 Å². The van der Waals surface area contributed by atoms with E-state index in [1.165, 1.54) is 5.56 Å². The number of anilines is 2. The number of nitrogens with one attached hydrogen (secondary N) is 1. The first-order valence-electron chi connectivity index (χ1n) is 8.46. The standard InChI is InChI=1S/C18H24N4O2/c1-2-24-16-6-4-3-5-15(16)7-8-19-17-13-18(21-14-20-17)22-9-11-23-12-10-22/h3-6,13-14H,2,7-12H2,1H3,(H,19,20,21). The summed E-state index contributed by atoms with van der Waals surface area (Å²) < 4.78 is 11.1. The molecule has 0 unspecified atom stereocenters. The van der Waals surface area contributed by atoms with E-state index in [9.17, 15) is 0 Å². The summed E-state index contributed by atoms with van der Waals surface area (Å²) in [6.45, 7) is 6.73. The smallest absolute Gasteiger partial charge is 0.134 e. The molecule has 1 N–H and O–H groups in total. The zero-order chi connectivity index (χ0) is 16.6. The number of ether oxygens (including phenoxy) is 2. The molecular formula is C18H24N4O2. The van der Waals surface area contributed by atoms with E-state index >= 15 is 0 Å². The van der Waals surface area contributed by atoms with Gasteiger partial charge in [0, 0.05) is 25.7 Å². The van der Waals surface area contributed by atoms with Crippen molar-refractivity contribution in [2.45, 2.75) is 13.3 Å². The Bertz CT molecular complexity index is 644. The molecule has 0 spiro atoms. The zero-order valence-electron chi connectivity index (χ0n) is 14.1. The Hall–Kier alpha value is -2.34. The average molecular weight is 328 g/mol. The molecule has 3 rings (SSSR count). The first-order chi connectivity index (χ1) is 11.9. The fraction of sp³-hybridized carbons (Fsp3) is 0.444. The Labute approximate surface area is 142 Å². The quantitative estimate of drug-likeness (QED) is 0.842. The third-order valence-corrected chi connectivity index (χ3v) is 3.96. The van der Waals surface area contributed by atoms with Crippen LogP contribution in [0.2, 0.25) is 0 Å². The third-order valence-electron chi connectivity index (χ3n) is 3.96. The van der Waals surface area contributed by atoms with E-state index in [-0.39, 0.29) is 0 Å². The molecular weight excluding hydrogens is 304 g/mol. The number of hydrogen-bond donors (Lipinski definition) is 1. The number of morpholine rings is 1. The van der Waals surface area contributed by atoms with Crippen LogP contribution in [0.25, 0.3) is 0 Å². The molecule has 2 heterocycles. The maximum absolute atomic E-state index is 5.67. The molecule has 0 saturated carbocycles. The van der Waals surface area contributed by atoms with Gasteiger partial charge in [-0.15, -0.1) is 0 Å². The summed E-state index contributed by atoms with van der Waals surface area (Å²) in [5, 5.41) is 3.38. The lowest BCUT2D eigenvalue weighted by Gasteiger charge is -2.27. The molecule has 1 saturated heterocycles. The Morgan fingerprint density at radius 3 is 2.88 bits per heavy atom. The van der Waals surface area contributed by atoms with Gasteiger partial charge in [0.25, 0.3) is 0 Å². The molecule has 6 nitrogen and oxygen atoms in total. The minimum atomic E-state index is 0.680. The van der Waals surface area contributed by atoms with Gasteiger partial charge in [-0.1, -0.05) is 18.2 Å². The second-order valence-electron chi connectivity index (χ2n) is 5.58. The van der Waals surface area contributed by atoms with Crippen LogP contribution in [-0.2, 0) is 11.2 Å². The minimum Gasteiger partial charge on any atom is -0.494 e. The van der Waals surface area contributed by atoms with Crippen molar-refractivity contribution in [3.63, 3.8) is 0 Å². The lowest BCUT2D eigenvalue weighted by molar-refractivity contribution is 0.122. The van der Waals surface area contributed by atoms with E-state index in [4.69, 9.17) is 9.47 Å². The number of benzene rings is 1. The molecule has 0 bridgehead atoms. The summed E-state index contributed by atoms with van der Waals surface area (Å²) in [6.07, 6.45) is 2.49. The van der Waals surface area contributed by atoms with Gasteiger partial charge in [0.1, 0.15) is 23.7 Å². The second-order valence-corrected chi connectivity index (χ2v) is 5.58. The van der Waals surface area contributed by atoms with E-state index in [1.807, 2.05) is 31.2 Å². The predicted octanol–water partition coefficient (Wildman–Crippen LogP) is 2.37. The van der Waals surface area contributed by atoms with Crippen LogP contribution in [0.4, 0.5) is 11.6 Å². The van der Waals surface area contributed by atoms with Crippen LogP contribution >= 0.6 is 0 Å². The number of nitrogens with zero attached hydrogens (tertiary/aromatic N) is 3. The molecule has 2 aromatic rings. The molecule has 1 aromatic heterocycles. The van der Waals surface area contributed by atoms with Crippen molar-refractivity contribution in [1.29, 1.82) is 0 Å². The van der Waals surface area contributed by atoms with Gasteiger partial charge >= 0.3 is 0 Å². The van der Waals surface area contributed by atoms with Crippen LogP contribution in [-0.4, -0.2) is 49.4 Å². The molecule has 6 heteroatoms. The number of rotatable bonds is 7. The Morgan fingerprint density at radius 1 is 1.21 bits per heavy atom. The first kappa shape index (κ1) is 16.5. The van der Waals surface area contributed by atoms with E-state index in [2.05, 4.69) is 26.3 Å². The van der Waals surface area contributed by atoms with Crippen molar-refractivity contribution >= 4 is 11.6 Å². The largest absolute Gasteiger partial charge is 0.494 e. The maximum atomic E-state index is 5.67. The topological polar surface area (TPSA) is 59.5 Å². The summed E-state index contributed by atoms with van der Waals surface area (Å²) in [6, 6.07) is 10.2. The van der Waals surface area contributed by atoms with Crippen LogP contribution in [0.15, 0.2) is 36.7 Å². The van der Waals surface area contributed by atoms with Crippen LogP contribution < -0.4 is 15.0 Å². The van der Waals surface area contributed by atoms with Crippen LogP contribution in [0.3, 0.4) is 0 Å². The normalized spacial score (nSPS) is 14.5.